The molecule has 0 aliphatic heterocycles. The number of para-hydroxylation sites is 2. The first-order valence-electron chi connectivity index (χ1n) is 6.51. The molecule has 0 heterocycles. The highest BCUT2D eigenvalue weighted by Crippen LogP contribution is 2.24. The quantitative estimate of drug-likeness (QED) is 0.833. The monoisotopic (exact) mass is 256 g/mol. The van der Waals surface area contributed by atoms with Crippen LogP contribution in [0.5, 0.6) is 0 Å². The minimum atomic E-state index is -0.412. The summed E-state index contributed by atoms with van der Waals surface area (Å²) in [5, 5.41) is 13.0. The van der Waals surface area contributed by atoms with Crippen molar-refractivity contribution in [3.05, 3.63) is 60.7 Å². The number of likely N-dealkylation sites (N-methyl/N-ethyl adjacent to an activating group) is 1. The number of benzene rings is 2. The largest absolute Gasteiger partial charge is 0.390 e. The van der Waals surface area contributed by atoms with E-state index in [9.17, 15) is 5.11 Å². The number of aliphatic hydroxyl groups excluding tert-OH is 1. The molecule has 100 valence electrons. The summed E-state index contributed by atoms with van der Waals surface area (Å²) in [5.74, 6) is 0. The van der Waals surface area contributed by atoms with Crippen molar-refractivity contribution in [2.75, 3.05) is 25.0 Å². The van der Waals surface area contributed by atoms with E-state index >= 15 is 0 Å². The maximum absolute atomic E-state index is 10.0. The van der Waals surface area contributed by atoms with E-state index in [1.807, 2.05) is 43.4 Å². The van der Waals surface area contributed by atoms with Crippen LogP contribution in [0.2, 0.25) is 0 Å². The predicted octanol–water partition coefficient (Wildman–Crippen LogP) is 2.41. The average molecular weight is 256 g/mol. The fraction of sp³-hybridized carbons (Fsp3) is 0.250. The molecular weight excluding hydrogens is 236 g/mol. The predicted molar refractivity (Wildman–Crippen MR) is 79.8 cm³/mol. The molecule has 2 rings (SSSR count). The van der Waals surface area contributed by atoms with E-state index in [0.717, 1.165) is 11.4 Å². The van der Waals surface area contributed by atoms with Gasteiger partial charge in [0.1, 0.15) is 0 Å². The minimum Gasteiger partial charge on any atom is -0.390 e. The minimum absolute atomic E-state index is 0.412. The van der Waals surface area contributed by atoms with Crippen LogP contribution in [0.4, 0.5) is 11.4 Å². The molecule has 0 amide bonds. The van der Waals surface area contributed by atoms with Gasteiger partial charge in [-0.3, -0.25) is 0 Å². The van der Waals surface area contributed by atoms with Crippen molar-refractivity contribution in [3.63, 3.8) is 0 Å². The molecule has 2 aromatic carbocycles. The summed E-state index contributed by atoms with van der Waals surface area (Å²) >= 11 is 0. The van der Waals surface area contributed by atoms with Gasteiger partial charge >= 0.3 is 0 Å². The van der Waals surface area contributed by atoms with Gasteiger partial charge in [-0.05, 0) is 31.3 Å². The van der Waals surface area contributed by atoms with Crippen LogP contribution >= 0.6 is 0 Å². The van der Waals surface area contributed by atoms with Crippen molar-refractivity contribution >= 4 is 11.4 Å². The fourth-order valence-corrected chi connectivity index (χ4v) is 2.09. The van der Waals surface area contributed by atoms with Crippen molar-refractivity contribution in [2.45, 2.75) is 6.10 Å². The summed E-state index contributed by atoms with van der Waals surface area (Å²) in [5.41, 5.74) is 2.17. The summed E-state index contributed by atoms with van der Waals surface area (Å²) < 4.78 is 0. The lowest BCUT2D eigenvalue weighted by molar-refractivity contribution is 0.182. The first kappa shape index (κ1) is 13.6. The number of nitrogens with zero attached hydrogens (tertiary/aromatic N) is 1. The van der Waals surface area contributed by atoms with Gasteiger partial charge in [0.25, 0.3) is 0 Å². The Labute approximate surface area is 114 Å². The standard InChI is InChI=1S/C16H20N2O/c1-17-12-16(19)13-18(14-8-4-2-5-9-14)15-10-6-3-7-11-15/h2-11,16-17,19H,12-13H2,1H3/t16-/m0/s1. The van der Waals surface area contributed by atoms with E-state index < -0.39 is 6.10 Å². The lowest BCUT2D eigenvalue weighted by Crippen LogP contribution is -2.35. The lowest BCUT2D eigenvalue weighted by atomic mass is 10.2. The van der Waals surface area contributed by atoms with Crippen LogP contribution in [-0.4, -0.2) is 31.3 Å². The molecule has 0 saturated heterocycles. The third kappa shape index (κ3) is 3.81. The topological polar surface area (TPSA) is 35.5 Å². The van der Waals surface area contributed by atoms with Crippen molar-refractivity contribution in [1.29, 1.82) is 0 Å². The van der Waals surface area contributed by atoms with Crippen molar-refractivity contribution < 1.29 is 5.11 Å². The number of anilines is 2. The van der Waals surface area contributed by atoms with E-state index in [-0.39, 0.29) is 0 Å². The molecule has 19 heavy (non-hydrogen) atoms. The molecule has 0 aliphatic carbocycles. The molecule has 0 radical (unpaired) electrons. The van der Waals surface area contributed by atoms with E-state index in [1.165, 1.54) is 0 Å². The smallest absolute Gasteiger partial charge is 0.0843 e. The van der Waals surface area contributed by atoms with Crippen LogP contribution < -0.4 is 10.2 Å². The van der Waals surface area contributed by atoms with E-state index in [2.05, 4.69) is 34.5 Å². The van der Waals surface area contributed by atoms with Gasteiger partial charge in [0.05, 0.1) is 12.6 Å². The van der Waals surface area contributed by atoms with Crippen LogP contribution in [0, 0.1) is 0 Å². The van der Waals surface area contributed by atoms with E-state index in [0.29, 0.717) is 13.1 Å². The molecule has 0 aromatic heterocycles. The van der Waals surface area contributed by atoms with Gasteiger partial charge < -0.3 is 15.3 Å². The van der Waals surface area contributed by atoms with Crippen LogP contribution in [-0.2, 0) is 0 Å². The summed E-state index contributed by atoms with van der Waals surface area (Å²) in [6.07, 6.45) is -0.412. The van der Waals surface area contributed by atoms with Gasteiger partial charge in [-0.25, -0.2) is 0 Å². The van der Waals surface area contributed by atoms with Gasteiger partial charge in [-0.2, -0.15) is 0 Å². The Morgan fingerprint density at radius 1 is 0.947 bits per heavy atom. The zero-order valence-electron chi connectivity index (χ0n) is 11.2. The Bertz CT molecular complexity index is 433. The van der Waals surface area contributed by atoms with Gasteiger partial charge in [-0.1, -0.05) is 36.4 Å². The Hall–Kier alpha value is -1.84. The van der Waals surface area contributed by atoms with Crippen LogP contribution in [0.15, 0.2) is 60.7 Å². The van der Waals surface area contributed by atoms with Gasteiger partial charge in [0, 0.05) is 17.9 Å². The zero-order chi connectivity index (χ0) is 13.5. The second-order valence-corrected chi connectivity index (χ2v) is 4.49. The molecule has 2 aromatic rings. The summed E-state index contributed by atoms with van der Waals surface area (Å²) in [7, 11) is 1.85. The normalized spacial score (nSPS) is 12.1. The Morgan fingerprint density at radius 3 is 1.84 bits per heavy atom. The highest BCUT2D eigenvalue weighted by Gasteiger charge is 2.13. The SMILES string of the molecule is CNC[C@H](O)CN(c1ccccc1)c1ccccc1. The van der Waals surface area contributed by atoms with Gasteiger partial charge in [0.15, 0.2) is 0 Å². The van der Waals surface area contributed by atoms with Crippen molar-refractivity contribution in [3.8, 4) is 0 Å². The molecule has 1 atom stereocenters. The second-order valence-electron chi connectivity index (χ2n) is 4.49. The Balaban J connectivity index is 2.24. The third-order valence-corrected chi connectivity index (χ3v) is 2.97. The first-order valence-corrected chi connectivity index (χ1v) is 6.51. The second kappa shape index (κ2) is 6.92. The summed E-state index contributed by atoms with van der Waals surface area (Å²) in [6.45, 7) is 1.14. The van der Waals surface area contributed by atoms with Crippen LogP contribution in [0.25, 0.3) is 0 Å². The van der Waals surface area contributed by atoms with E-state index in [4.69, 9.17) is 0 Å². The maximum atomic E-state index is 10.0. The first-order chi connectivity index (χ1) is 9.31. The number of rotatable bonds is 6. The Kier molecular flexibility index (Phi) is 4.95. The molecule has 3 heteroatoms. The number of hydrogen-bond donors (Lipinski definition) is 2. The van der Waals surface area contributed by atoms with Crippen molar-refractivity contribution in [2.24, 2.45) is 0 Å². The number of nitrogens with one attached hydrogen (secondary N) is 1. The van der Waals surface area contributed by atoms with Crippen molar-refractivity contribution in [1.82, 2.24) is 5.32 Å². The highest BCUT2D eigenvalue weighted by molar-refractivity contribution is 5.63. The number of hydrogen-bond acceptors (Lipinski definition) is 3. The zero-order valence-corrected chi connectivity index (χ0v) is 11.2. The summed E-state index contributed by atoms with van der Waals surface area (Å²) in [4.78, 5) is 2.13. The van der Waals surface area contributed by atoms with E-state index in [1.54, 1.807) is 0 Å². The lowest BCUT2D eigenvalue weighted by Gasteiger charge is -2.27. The molecule has 0 bridgehead atoms. The van der Waals surface area contributed by atoms with Crippen LogP contribution in [0.3, 0.4) is 0 Å². The molecule has 2 N–H and O–H groups in total. The molecule has 3 nitrogen and oxygen atoms in total. The maximum Gasteiger partial charge on any atom is 0.0843 e. The Morgan fingerprint density at radius 2 is 1.42 bits per heavy atom. The number of aliphatic hydroxyl groups is 1. The van der Waals surface area contributed by atoms with Gasteiger partial charge in [0.2, 0.25) is 0 Å². The molecule has 0 saturated carbocycles. The molecule has 0 aliphatic rings. The summed E-state index contributed by atoms with van der Waals surface area (Å²) in [6, 6.07) is 20.3. The molecular formula is C16H20N2O. The van der Waals surface area contributed by atoms with Crippen LogP contribution in [0.1, 0.15) is 0 Å². The molecule has 0 fully saturated rings. The third-order valence-electron chi connectivity index (χ3n) is 2.97. The highest BCUT2D eigenvalue weighted by atomic mass is 16.3. The molecule has 0 unspecified atom stereocenters. The fourth-order valence-electron chi connectivity index (χ4n) is 2.09. The molecule has 0 spiro atoms. The average Bonchev–Trinajstić information content (AvgIpc) is 2.47. The van der Waals surface area contributed by atoms with Gasteiger partial charge in [-0.15, -0.1) is 0 Å².